The minimum Gasteiger partial charge on any atom is -0.480 e. The third-order valence-corrected chi connectivity index (χ3v) is 3.27. The minimum atomic E-state index is -1.02. The minimum absolute atomic E-state index is 0.0254. The normalized spacial score (nSPS) is 11.5. The first-order valence-corrected chi connectivity index (χ1v) is 7.24. The molecule has 1 atom stereocenters. The Labute approximate surface area is 134 Å². The van der Waals surface area contributed by atoms with E-state index in [-0.39, 0.29) is 12.8 Å². The molecule has 0 aliphatic rings. The fraction of sp³-hybridized carbons (Fsp3) is 0.176. The maximum absolute atomic E-state index is 11.2. The molecule has 120 valence electrons. The topological polar surface area (TPSA) is 104 Å². The van der Waals surface area contributed by atoms with Crippen LogP contribution >= 0.6 is 0 Å². The molecule has 0 spiro atoms. The highest BCUT2D eigenvalue weighted by molar-refractivity contribution is 5.79. The fourth-order valence-electron chi connectivity index (χ4n) is 2.08. The molecule has 0 aromatic heterocycles. The van der Waals surface area contributed by atoms with Gasteiger partial charge in [0.2, 0.25) is 5.91 Å². The second-order valence-corrected chi connectivity index (χ2v) is 5.11. The van der Waals surface area contributed by atoms with Crippen LogP contribution in [0.15, 0.2) is 54.6 Å². The van der Waals surface area contributed by atoms with Crippen molar-refractivity contribution in [1.82, 2.24) is 0 Å². The van der Waals surface area contributed by atoms with E-state index in [0.717, 1.165) is 11.4 Å². The van der Waals surface area contributed by atoms with Gasteiger partial charge in [-0.1, -0.05) is 18.2 Å². The number of anilines is 3. The van der Waals surface area contributed by atoms with E-state index in [2.05, 4.69) is 10.6 Å². The summed E-state index contributed by atoms with van der Waals surface area (Å²) < 4.78 is 0. The van der Waals surface area contributed by atoms with Gasteiger partial charge in [-0.3, -0.25) is 4.79 Å². The third-order valence-electron chi connectivity index (χ3n) is 3.27. The second-order valence-electron chi connectivity index (χ2n) is 5.11. The maximum Gasteiger partial charge on any atom is 0.326 e. The quantitative estimate of drug-likeness (QED) is 0.599. The van der Waals surface area contributed by atoms with Crippen LogP contribution in [0.4, 0.5) is 17.1 Å². The molecule has 0 heterocycles. The van der Waals surface area contributed by atoms with Crippen LogP contribution in [0.2, 0.25) is 0 Å². The van der Waals surface area contributed by atoms with Crippen LogP contribution < -0.4 is 16.4 Å². The summed E-state index contributed by atoms with van der Waals surface area (Å²) in [6.07, 6.45) is 0.173. The van der Waals surface area contributed by atoms with Gasteiger partial charge in [0, 0.05) is 23.5 Å². The lowest BCUT2D eigenvalue weighted by molar-refractivity contribution is -0.138. The number of benzene rings is 2. The summed E-state index contributed by atoms with van der Waals surface area (Å²) in [7, 11) is 0. The zero-order valence-corrected chi connectivity index (χ0v) is 12.5. The monoisotopic (exact) mass is 313 g/mol. The summed E-state index contributed by atoms with van der Waals surface area (Å²) in [5.41, 5.74) is 7.59. The molecule has 2 aromatic carbocycles. The number of aliphatic carboxylic acids is 1. The van der Waals surface area contributed by atoms with Gasteiger partial charge in [-0.05, 0) is 42.8 Å². The summed E-state index contributed by atoms with van der Waals surface area (Å²) in [5, 5.41) is 15.3. The Hall–Kier alpha value is -3.02. The molecule has 0 fully saturated rings. The Kier molecular flexibility index (Phi) is 5.57. The van der Waals surface area contributed by atoms with Crippen LogP contribution in [0.5, 0.6) is 0 Å². The molecule has 0 saturated carbocycles. The van der Waals surface area contributed by atoms with Gasteiger partial charge < -0.3 is 21.5 Å². The first-order valence-electron chi connectivity index (χ1n) is 7.24. The molecule has 2 aromatic rings. The summed E-state index contributed by atoms with van der Waals surface area (Å²) in [5.74, 6) is -1.53. The van der Waals surface area contributed by atoms with Gasteiger partial charge in [0.25, 0.3) is 0 Å². The van der Waals surface area contributed by atoms with E-state index >= 15 is 0 Å². The SMILES string of the molecule is NC(=O)CC[C@H](Nc1ccc(Nc2ccccc2)cc1)C(=O)O. The molecule has 5 N–H and O–H groups in total. The zero-order chi connectivity index (χ0) is 16.7. The number of carboxylic acid groups (broad SMARTS) is 1. The van der Waals surface area contributed by atoms with Crippen molar-refractivity contribution in [3.05, 3.63) is 54.6 Å². The average Bonchev–Trinajstić information content (AvgIpc) is 2.53. The van der Waals surface area contributed by atoms with Gasteiger partial charge in [-0.25, -0.2) is 4.79 Å². The average molecular weight is 313 g/mol. The number of rotatable bonds is 8. The first kappa shape index (κ1) is 16.4. The number of amides is 1. The van der Waals surface area contributed by atoms with E-state index in [1.807, 2.05) is 42.5 Å². The van der Waals surface area contributed by atoms with Gasteiger partial charge >= 0.3 is 5.97 Å². The number of carboxylic acids is 1. The summed E-state index contributed by atoms with van der Waals surface area (Å²) in [6, 6.07) is 16.1. The van der Waals surface area contributed by atoms with Crippen LogP contribution in [-0.2, 0) is 9.59 Å². The van der Waals surface area contributed by atoms with Crippen molar-refractivity contribution in [1.29, 1.82) is 0 Å². The smallest absolute Gasteiger partial charge is 0.326 e. The molecule has 1 amide bonds. The van der Waals surface area contributed by atoms with E-state index in [1.165, 1.54) is 0 Å². The molecule has 6 nitrogen and oxygen atoms in total. The molecular formula is C17H19N3O3. The van der Waals surface area contributed by atoms with E-state index < -0.39 is 17.9 Å². The van der Waals surface area contributed by atoms with Crippen molar-refractivity contribution in [2.75, 3.05) is 10.6 Å². The summed E-state index contributed by atoms with van der Waals surface area (Å²) in [4.78, 5) is 22.0. The Bertz CT molecular complexity index is 657. The number of hydrogen-bond donors (Lipinski definition) is 4. The fourth-order valence-corrected chi connectivity index (χ4v) is 2.08. The lowest BCUT2D eigenvalue weighted by Gasteiger charge is -2.15. The maximum atomic E-state index is 11.2. The lowest BCUT2D eigenvalue weighted by Crippen LogP contribution is -2.30. The van der Waals surface area contributed by atoms with Crippen LogP contribution in [0.1, 0.15) is 12.8 Å². The molecule has 2 rings (SSSR count). The Morgan fingerprint density at radius 2 is 1.52 bits per heavy atom. The van der Waals surface area contributed by atoms with Crippen molar-refractivity contribution >= 4 is 28.9 Å². The first-order chi connectivity index (χ1) is 11.0. The molecule has 0 saturated heterocycles. The van der Waals surface area contributed by atoms with Gasteiger partial charge in [0.1, 0.15) is 6.04 Å². The molecule has 0 radical (unpaired) electrons. The van der Waals surface area contributed by atoms with E-state index in [9.17, 15) is 9.59 Å². The largest absolute Gasteiger partial charge is 0.480 e. The Morgan fingerprint density at radius 3 is 2.09 bits per heavy atom. The third kappa shape index (κ3) is 5.35. The Balaban J connectivity index is 1.97. The summed E-state index contributed by atoms with van der Waals surface area (Å²) in [6.45, 7) is 0. The molecule has 6 heteroatoms. The summed E-state index contributed by atoms with van der Waals surface area (Å²) >= 11 is 0. The van der Waals surface area contributed by atoms with Crippen molar-refractivity contribution in [2.45, 2.75) is 18.9 Å². The number of primary amides is 1. The number of nitrogens with one attached hydrogen (secondary N) is 2. The Morgan fingerprint density at radius 1 is 0.957 bits per heavy atom. The highest BCUT2D eigenvalue weighted by Crippen LogP contribution is 2.19. The highest BCUT2D eigenvalue weighted by atomic mass is 16.4. The molecule has 23 heavy (non-hydrogen) atoms. The predicted molar refractivity (Wildman–Crippen MR) is 89.6 cm³/mol. The highest BCUT2D eigenvalue weighted by Gasteiger charge is 2.17. The van der Waals surface area contributed by atoms with Crippen molar-refractivity contribution in [2.24, 2.45) is 5.73 Å². The van der Waals surface area contributed by atoms with Crippen molar-refractivity contribution in [3.63, 3.8) is 0 Å². The lowest BCUT2D eigenvalue weighted by atomic mass is 10.1. The van der Waals surface area contributed by atoms with Gasteiger partial charge in [-0.15, -0.1) is 0 Å². The molecule has 0 bridgehead atoms. The number of hydrogen-bond acceptors (Lipinski definition) is 4. The zero-order valence-electron chi connectivity index (χ0n) is 12.5. The standard InChI is InChI=1S/C17H19N3O3/c18-16(21)11-10-15(17(22)23)20-14-8-6-13(7-9-14)19-12-4-2-1-3-5-12/h1-9,15,19-20H,10-11H2,(H2,18,21)(H,22,23)/t15-/m0/s1. The number of para-hydroxylation sites is 1. The number of nitrogens with two attached hydrogens (primary N) is 1. The van der Waals surface area contributed by atoms with Gasteiger partial charge in [-0.2, -0.15) is 0 Å². The molecule has 0 aliphatic carbocycles. The molecule has 0 aliphatic heterocycles. The van der Waals surface area contributed by atoms with Gasteiger partial charge in [0.05, 0.1) is 0 Å². The van der Waals surface area contributed by atoms with Crippen LogP contribution in [0, 0.1) is 0 Å². The molecular weight excluding hydrogens is 294 g/mol. The number of carbonyl (C=O) groups is 2. The van der Waals surface area contributed by atoms with E-state index in [4.69, 9.17) is 10.8 Å². The predicted octanol–water partition coefficient (Wildman–Crippen LogP) is 2.56. The van der Waals surface area contributed by atoms with E-state index in [0.29, 0.717) is 5.69 Å². The van der Waals surface area contributed by atoms with E-state index in [1.54, 1.807) is 12.1 Å². The van der Waals surface area contributed by atoms with Crippen LogP contribution in [-0.4, -0.2) is 23.0 Å². The molecule has 0 unspecified atom stereocenters. The van der Waals surface area contributed by atoms with Crippen LogP contribution in [0.25, 0.3) is 0 Å². The van der Waals surface area contributed by atoms with Crippen molar-refractivity contribution in [3.8, 4) is 0 Å². The number of carbonyl (C=O) groups excluding carboxylic acids is 1. The van der Waals surface area contributed by atoms with Crippen LogP contribution in [0.3, 0.4) is 0 Å². The second kappa shape index (κ2) is 7.84. The van der Waals surface area contributed by atoms with Gasteiger partial charge in [0.15, 0.2) is 0 Å². The van der Waals surface area contributed by atoms with Crippen molar-refractivity contribution < 1.29 is 14.7 Å².